The van der Waals surface area contributed by atoms with Gasteiger partial charge in [-0.3, -0.25) is 4.79 Å². The predicted octanol–water partition coefficient (Wildman–Crippen LogP) is 2.56. The molecule has 1 aromatic carbocycles. The topological polar surface area (TPSA) is 29.5 Å². The Balaban J connectivity index is 1.73. The molecule has 104 valence electrons. The molecule has 1 aromatic rings. The number of nitrogens with zero attached hydrogens (tertiary/aromatic N) is 1. The molecule has 1 aliphatic rings. The number of morpholine rings is 1. The molecule has 0 aliphatic carbocycles. The maximum absolute atomic E-state index is 12.7. The minimum atomic E-state index is -0.234. The Bertz CT molecular complexity index is 424. The number of amides is 1. The molecule has 1 aliphatic heterocycles. The number of hydrogen-bond donors (Lipinski definition) is 0. The summed E-state index contributed by atoms with van der Waals surface area (Å²) in [6.45, 7) is 3.97. The van der Waals surface area contributed by atoms with Gasteiger partial charge < -0.3 is 9.64 Å². The first-order valence-corrected chi connectivity index (χ1v) is 7.41. The summed E-state index contributed by atoms with van der Waals surface area (Å²) in [5.74, 6) is 0.656. The average molecular weight is 283 g/mol. The Morgan fingerprint density at radius 2 is 2.21 bits per heavy atom. The van der Waals surface area contributed by atoms with E-state index in [4.69, 9.17) is 4.74 Å². The van der Waals surface area contributed by atoms with Gasteiger partial charge in [0, 0.05) is 30.2 Å². The highest BCUT2D eigenvalue weighted by Crippen LogP contribution is 2.19. The molecule has 5 heteroatoms. The largest absolute Gasteiger partial charge is 0.375 e. The number of rotatable bonds is 4. The zero-order valence-electron chi connectivity index (χ0n) is 11.0. The van der Waals surface area contributed by atoms with Crippen molar-refractivity contribution in [3.63, 3.8) is 0 Å². The summed E-state index contributed by atoms with van der Waals surface area (Å²) in [4.78, 5) is 14.8. The SMILES string of the molecule is CC1CN(C(=O)CCSc2ccc(F)cc2)CCO1. The highest BCUT2D eigenvalue weighted by molar-refractivity contribution is 7.99. The summed E-state index contributed by atoms with van der Waals surface area (Å²) in [5, 5.41) is 0. The van der Waals surface area contributed by atoms with E-state index in [1.54, 1.807) is 23.9 Å². The maximum atomic E-state index is 12.7. The standard InChI is InChI=1S/C14H18FNO2S/c1-11-10-16(7-8-18-11)14(17)6-9-19-13-4-2-12(15)3-5-13/h2-5,11H,6-10H2,1H3. The van der Waals surface area contributed by atoms with Gasteiger partial charge in [-0.2, -0.15) is 0 Å². The van der Waals surface area contributed by atoms with Gasteiger partial charge in [-0.05, 0) is 31.2 Å². The first-order valence-electron chi connectivity index (χ1n) is 6.43. The van der Waals surface area contributed by atoms with Gasteiger partial charge in [0.2, 0.25) is 5.91 Å². The molecule has 0 N–H and O–H groups in total. The monoisotopic (exact) mass is 283 g/mol. The highest BCUT2D eigenvalue weighted by atomic mass is 32.2. The smallest absolute Gasteiger partial charge is 0.223 e. The van der Waals surface area contributed by atoms with Crippen molar-refractivity contribution in [2.24, 2.45) is 0 Å². The van der Waals surface area contributed by atoms with Crippen LogP contribution < -0.4 is 0 Å². The zero-order valence-corrected chi connectivity index (χ0v) is 11.8. The molecule has 0 aromatic heterocycles. The van der Waals surface area contributed by atoms with Crippen LogP contribution in [0.2, 0.25) is 0 Å². The quantitative estimate of drug-likeness (QED) is 0.795. The van der Waals surface area contributed by atoms with Crippen molar-refractivity contribution < 1.29 is 13.9 Å². The van der Waals surface area contributed by atoms with E-state index < -0.39 is 0 Å². The first-order chi connectivity index (χ1) is 9.15. The predicted molar refractivity (Wildman–Crippen MR) is 73.7 cm³/mol. The van der Waals surface area contributed by atoms with Crippen LogP contribution in [0, 0.1) is 5.82 Å². The Kier molecular flexibility index (Phi) is 5.22. The number of ether oxygens (including phenoxy) is 1. The van der Waals surface area contributed by atoms with Crippen LogP contribution in [0.5, 0.6) is 0 Å². The molecule has 1 saturated heterocycles. The van der Waals surface area contributed by atoms with Crippen LogP contribution in [0.25, 0.3) is 0 Å². The van der Waals surface area contributed by atoms with E-state index >= 15 is 0 Å². The molecule has 1 atom stereocenters. The van der Waals surface area contributed by atoms with Crippen LogP contribution >= 0.6 is 11.8 Å². The molecule has 0 bridgehead atoms. The lowest BCUT2D eigenvalue weighted by molar-refractivity contribution is -0.137. The first kappa shape index (κ1) is 14.3. The highest BCUT2D eigenvalue weighted by Gasteiger charge is 2.20. The van der Waals surface area contributed by atoms with Gasteiger partial charge >= 0.3 is 0 Å². The van der Waals surface area contributed by atoms with Crippen molar-refractivity contribution in [2.75, 3.05) is 25.4 Å². The van der Waals surface area contributed by atoms with E-state index in [9.17, 15) is 9.18 Å². The molecule has 0 radical (unpaired) electrons. The second-order valence-corrected chi connectivity index (χ2v) is 5.74. The fraction of sp³-hybridized carbons (Fsp3) is 0.500. The Hall–Kier alpha value is -1.07. The van der Waals surface area contributed by atoms with Crippen molar-refractivity contribution in [1.29, 1.82) is 0 Å². The number of hydrogen-bond acceptors (Lipinski definition) is 3. The van der Waals surface area contributed by atoms with Crippen molar-refractivity contribution in [3.05, 3.63) is 30.1 Å². The number of carbonyl (C=O) groups is 1. The summed E-state index contributed by atoms with van der Waals surface area (Å²) in [6.07, 6.45) is 0.636. The molecule has 19 heavy (non-hydrogen) atoms. The van der Waals surface area contributed by atoms with E-state index in [-0.39, 0.29) is 17.8 Å². The van der Waals surface area contributed by atoms with E-state index in [0.717, 1.165) is 10.6 Å². The van der Waals surface area contributed by atoms with Crippen LogP contribution in [0.3, 0.4) is 0 Å². The minimum absolute atomic E-state index is 0.127. The molecule has 1 fully saturated rings. The molecule has 1 unspecified atom stereocenters. The van der Waals surface area contributed by atoms with Crippen molar-refractivity contribution >= 4 is 17.7 Å². The fourth-order valence-electron chi connectivity index (χ4n) is 1.99. The molecule has 0 saturated carbocycles. The van der Waals surface area contributed by atoms with Crippen molar-refractivity contribution in [3.8, 4) is 0 Å². The third kappa shape index (κ3) is 4.51. The van der Waals surface area contributed by atoms with Gasteiger partial charge in [0.1, 0.15) is 5.82 Å². The number of benzene rings is 1. The maximum Gasteiger partial charge on any atom is 0.223 e. The van der Waals surface area contributed by atoms with E-state index in [2.05, 4.69) is 0 Å². The number of halogens is 1. The molecular weight excluding hydrogens is 265 g/mol. The van der Waals surface area contributed by atoms with Crippen molar-refractivity contribution in [2.45, 2.75) is 24.3 Å². The molecular formula is C14H18FNO2S. The van der Waals surface area contributed by atoms with Crippen LogP contribution in [-0.2, 0) is 9.53 Å². The second kappa shape index (κ2) is 6.91. The summed E-state index contributed by atoms with van der Waals surface area (Å²) in [7, 11) is 0. The summed E-state index contributed by atoms with van der Waals surface area (Å²) in [5.41, 5.74) is 0. The third-order valence-electron chi connectivity index (χ3n) is 2.99. The van der Waals surface area contributed by atoms with Gasteiger partial charge in [0.15, 0.2) is 0 Å². The second-order valence-electron chi connectivity index (χ2n) is 4.57. The van der Waals surface area contributed by atoms with Gasteiger partial charge in [-0.1, -0.05) is 0 Å². The van der Waals surface area contributed by atoms with Gasteiger partial charge in [-0.25, -0.2) is 4.39 Å². The van der Waals surface area contributed by atoms with E-state index in [0.29, 0.717) is 26.1 Å². The molecule has 2 rings (SSSR count). The molecule has 0 spiro atoms. The fourth-order valence-corrected chi connectivity index (χ4v) is 2.83. The third-order valence-corrected chi connectivity index (χ3v) is 4.01. The Labute approximate surface area is 117 Å². The van der Waals surface area contributed by atoms with E-state index in [1.165, 1.54) is 12.1 Å². The van der Waals surface area contributed by atoms with Gasteiger partial charge in [0.05, 0.1) is 12.7 Å². The number of thioether (sulfide) groups is 1. The average Bonchev–Trinajstić information content (AvgIpc) is 2.41. The van der Waals surface area contributed by atoms with Crippen molar-refractivity contribution in [1.82, 2.24) is 4.90 Å². The lowest BCUT2D eigenvalue weighted by atomic mass is 10.3. The normalized spacial score (nSPS) is 19.5. The number of carbonyl (C=O) groups excluding carboxylic acids is 1. The van der Waals surface area contributed by atoms with E-state index in [1.807, 2.05) is 11.8 Å². The minimum Gasteiger partial charge on any atom is -0.375 e. The van der Waals surface area contributed by atoms with Gasteiger partial charge in [-0.15, -0.1) is 11.8 Å². The van der Waals surface area contributed by atoms with Crippen LogP contribution in [0.4, 0.5) is 4.39 Å². The van der Waals surface area contributed by atoms with Crippen LogP contribution in [0.15, 0.2) is 29.2 Å². The molecule has 1 amide bonds. The van der Waals surface area contributed by atoms with Crippen LogP contribution in [0.1, 0.15) is 13.3 Å². The summed E-state index contributed by atoms with van der Waals surface area (Å²) in [6, 6.07) is 6.35. The zero-order chi connectivity index (χ0) is 13.7. The lowest BCUT2D eigenvalue weighted by Gasteiger charge is -2.31. The Morgan fingerprint density at radius 1 is 1.47 bits per heavy atom. The summed E-state index contributed by atoms with van der Waals surface area (Å²) >= 11 is 1.58. The molecule has 3 nitrogen and oxygen atoms in total. The summed E-state index contributed by atoms with van der Waals surface area (Å²) < 4.78 is 18.1. The Morgan fingerprint density at radius 3 is 2.89 bits per heavy atom. The van der Waals surface area contributed by atoms with Crippen LogP contribution in [-0.4, -0.2) is 42.4 Å². The molecule has 1 heterocycles. The van der Waals surface area contributed by atoms with Gasteiger partial charge in [0.25, 0.3) is 0 Å². The lowest BCUT2D eigenvalue weighted by Crippen LogP contribution is -2.44.